The van der Waals surface area contributed by atoms with Gasteiger partial charge in [0.2, 0.25) is 10.0 Å². The monoisotopic (exact) mass is 326 g/mol. The molecule has 5 nitrogen and oxygen atoms in total. The summed E-state index contributed by atoms with van der Waals surface area (Å²) in [7, 11) is -2.00. The molecule has 0 spiro atoms. The van der Waals surface area contributed by atoms with Crippen molar-refractivity contribution in [2.75, 3.05) is 7.11 Å². The van der Waals surface area contributed by atoms with Crippen LogP contribution in [0.4, 0.5) is 0 Å². The third-order valence-corrected chi connectivity index (χ3v) is 5.57. The van der Waals surface area contributed by atoms with Crippen LogP contribution in [0.1, 0.15) is 21.8 Å². The van der Waals surface area contributed by atoms with Crippen LogP contribution >= 0.6 is 11.3 Å². The highest BCUT2D eigenvalue weighted by molar-refractivity contribution is 7.89. The minimum atomic E-state index is -3.57. The number of methoxy groups -OCH3 is 1. The number of nitrogens with one attached hydrogen (secondary N) is 1. The van der Waals surface area contributed by atoms with E-state index in [2.05, 4.69) is 9.71 Å². The van der Waals surface area contributed by atoms with Crippen LogP contribution in [-0.2, 0) is 16.6 Å². The average molecular weight is 326 g/mol. The van der Waals surface area contributed by atoms with Gasteiger partial charge in [-0.05, 0) is 44.0 Å². The fourth-order valence-corrected chi connectivity index (χ4v) is 4.09. The number of nitrogens with zero attached hydrogens (tertiary/aromatic N) is 1. The first-order valence-corrected chi connectivity index (χ1v) is 8.75. The van der Waals surface area contributed by atoms with Crippen molar-refractivity contribution in [1.82, 2.24) is 9.71 Å². The first kappa shape index (κ1) is 15.9. The summed E-state index contributed by atoms with van der Waals surface area (Å²) in [6.07, 6.45) is 0. The predicted molar refractivity (Wildman–Crippen MR) is 83.3 cm³/mol. The number of aromatic nitrogens is 1. The van der Waals surface area contributed by atoms with Gasteiger partial charge in [-0.2, -0.15) is 0 Å². The van der Waals surface area contributed by atoms with E-state index in [1.54, 1.807) is 26.2 Å². The Morgan fingerprint density at radius 2 is 1.95 bits per heavy atom. The minimum absolute atomic E-state index is 0.200. The maximum absolute atomic E-state index is 12.4. The standard InChI is InChI=1S/C14H18N2O3S2/c1-9-6-13(10(2)5-12(9)19-4)21(17,18)15-7-14-16-11(3)8-20-14/h5-6,8,15H,7H2,1-4H3. The molecule has 0 radical (unpaired) electrons. The summed E-state index contributed by atoms with van der Waals surface area (Å²) < 4.78 is 32.6. The van der Waals surface area contributed by atoms with Crippen LogP contribution in [0.5, 0.6) is 5.75 Å². The zero-order valence-corrected chi connectivity index (χ0v) is 14.1. The summed E-state index contributed by atoms with van der Waals surface area (Å²) in [6.45, 7) is 5.66. The van der Waals surface area contributed by atoms with Crippen LogP contribution in [0.2, 0.25) is 0 Å². The Morgan fingerprint density at radius 3 is 2.52 bits per heavy atom. The van der Waals surface area contributed by atoms with Crippen LogP contribution in [0, 0.1) is 20.8 Å². The van der Waals surface area contributed by atoms with Crippen LogP contribution in [0.3, 0.4) is 0 Å². The number of sulfonamides is 1. The number of hydrogen-bond acceptors (Lipinski definition) is 5. The topological polar surface area (TPSA) is 68.3 Å². The summed E-state index contributed by atoms with van der Waals surface area (Å²) in [5.74, 6) is 0.682. The molecule has 1 aromatic carbocycles. The molecule has 0 amide bonds. The van der Waals surface area contributed by atoms with Crippen molar-refractivity contribution in [1.29, 1.82) is 0 Å². The molecule has 0 fully saturated rings. The fraction of sp³-hybridized carbons (Fsp3) is 0.357. The lowest BCUT2D eigenvalue weighted by molar-refractivity contribution is 0.411. The Bertz CT molecular complexity index is 752. The van der Waals surface area contributed by atoms with Gasteiger partial charge in [-0.3, -0.25) is 0 Å². The molecule has 0 bridgehead atoms. The second-order valence-electron chi connectivity index (χ2n) is 4.79. The zero-order valence-electron chi connectivity index (χ0n) is 12.4. The SMILES string of the molecule is COc1cc(C)c(S(=O)(=O)NCc2nc(C)cs2)cc1C. The summed E-state index contributed by atoms with van der Waals surface area (Å²) in [5, 5.41) is 2.64. The first-order chi connectivity index (χ1) is 9.83. The molecule has 1 N–H and O–H groups in total. The van der Waals surface area contributed by atoms with Crippen molar-refractivity contribution >= 4 is 21.4 Å². The number of hydrogen-bond donors (Lipinski definition) is 1. The second kappa shape index (κ2) is 6.13. The second-order valence-corrected chi connectivity index (χ2v) is 7.47. The van der Waals surface area contributed by atoms with Gasteiger partial charge in [-0.15, -0.1) is 11.3 Å². The molecular formula is C14H18N2O3S2. The smallest absolute Gasteiger partial charge is 0.241 e. The van der Waals surface area contributed by atoms with E-state index < -0.39 is 10.0 Å². The van der Waals surface area contributed by atoms with Crippen LogP contribution in [0.25, 0.3) is 0 Å². The minimum Gasteiger partial charge on any atom is -0.496 e. The first-order valence-electron chi connectivity index (χ1n) is 6.39. The highest BCUT2D eigenvalue weighted by atomic mass is 32.2. The van der Waals surface area contributed by atoms with E-state index in [9.17, 15) is 8.42 Å². The van der Waals surface area contributed by atoms with Gasteiger partial charge >= 0.3 is 0 Å². The van der Waals surface area contributed by atoms with Crippen molar-refractivity contribution in [2.24, 2.45) is 0 Å². The summed E-state index contributed by atoms with van der Waals surface area (Å²) in [4.78, 5) is 4.52. The van der Waals surface area contributed by atoms with E-state index in [-0.39, 0.29) is 11.4 Å². The number of benzene rings is 1. The van der Waals surface area contributed by atoms with Gasteiger partial charge in [0, 0.05) is 11.1 Å². The fourth-order valence-electron chi connectivity index (χ4n) is 1.99. The third kappa shape index (κ3) is 3.61. The van der Waals surface area contributed by atoms with Crippen molar-refractivity contribution in [2.45, 2.75) is 32.2 Å². The van der Waals surface area contributed by atoms with Crippen LogP contribution < -0.4 is 9.46 Å². The number of rotatable bonds is 5. The molecule has 0 aliphatic heterocycles. The van der Waals surface area contributed by atoms with Crippen LogP contribution in [0.15, 0.2) is 22.4 Å². The summed E-state index contributed by atoms with van der Waals surface area (Å²) in [5.41, 5.74) is 2.33. The van der Waals surface area contributed by atoms with E-state index in [1.165, 1.54) is 11.3 Å². The molecular weight excluding hydrogens is 308 g/mol. The Kier molecular flexibility index (Phi) is 4.65. The number of ether oxygens (including phenoxy) is 1. The van der Waals surface area contributed by atoms with Crippen molar-refractivity contribution in [3.63, 3.8) is 0 Å². The van der Waals surface area contributed by atoms with Gasteiger partial charge in [-0.25, -0.2) is 18.1 Å². The largest absolute Gasteiger partial charge is 0.496 e. The molecule has 0 aliphatic carbocycles. The van der Waals surface area contributed by atoms with E-state index >= 15 is 0 Å². The lowest BCUT2D eigenvalue weighted by Gasteiger charge is -2.12. The van der Waals surface area contributed by atoms with Crippen molar-refractivity contribution in [3.8, 4) is 5.75 Å². The maximum atomic E-state index is 12.4. The van der Waals surface area contributed by atoms with Gasteiger partial charge in [0.25, 0.3) is 0 Å². The van der Waals surface area contributed by atoms with E-state index in [4.69, 9.17) is 4.74 Å². The Morgan fingerprint density at radius 1 is 1.24 bits per heavy atom. The molecule has 0 saturated carbocycles. The number of aryl methyl sites for hydroxylation is 3. The molecule has 2 aromatic rings. The maximum Gasteiger partial charge on any atom is 0.241 e. The van der Waals surface area contributed by atoms with E-state index in [0.29, 0.717) is 11.3 Å². The molecule has 114 valence electrons. The van der Waals surface area contributed by atoms with Gasteiger partial charge in [0.05, 0.1) is 18.6 Å². The van der Waals surface area contributed by atoms with Crippen molar-refractivity contribution < 1.29 is 13.2 Å². The molecule has 21 heavy (non-hydrogen) atoms. The lowest BCUT2D eigenvalue weighted by atomic mass is 10.1. The molecule has 0 aliphatic rings. The predicted octanol–water partition coefficient (Wildman–Crippen LogP) is 2.56. The van der Waals surface area contributed by atoms with Gasteiger partial charge < -0.3 is 4.74 Å². The molecule has 2 rings (SSSR count). The quantitative estimate of drug-likeness (QED) is 0.917. The molecule has 1 heterocycles. The van der Waals surface area contributed by atoms with Crippen molar-refractivity contribution in [3.05, 3.63) is 39.3 Å². The molecule has 7 heteroatoms. The highest BCUT2D eigenvalue weighted by Gasteiger charge is 2.19. The molecule has 0 saturated heterocycles. The summed E-state index contributed by atoms with van der Waals surface area (Å²) in [6, 6.07) is 3.36. The Hall–Kier alpha value is -1.44. The highest BCUT2D eigenvalue weighted by Crippen LogP contribution is 2.25. The molecule has 0 unspecified atom stereocenters. The van der Waals surface area contributed by atoms with Gasteiger partial charge in [0.15, 0.2) is 0 Å². The molecule has 0 atom stereocenters. The normalized spacial score (nSPS) is 11.6. The van der Waals surface area contributed by atoms with Gasteiger partial charge in [-0.1, -0.05) is 0 Å². The third-order valence-electron chi connectivity index (χ3n) is 3.06. The average Bonchev–Trinajstić information content (AvgIpc) is 2.84. The van der Waals surface area contributed by atoms with Gasteiger partial charge in [0.1, 0.15) is 10.8 Å². The Labute approximate surface area is 129 Å². The number of thiazole rings is 1. The lowest BCUT2D eigenvalue weighted by Crippen LogP contribution is -2.24. The Balaban J connectivity index is 2.25. The molecule has 1 aromatic heterocycles. The zero-order chi connectivity index (χ0) is 15.6. The van der Waals surface area contributed by atoms with E-state index in [0.717, 1.165) is 16.3 Å². The summed E-state index contributed by atoms with van der Waals surface area (Å²) >= 11 is 1.44. The van der Waals surface area contributed by atoms with E-state index in [1.807, 2.05) is 19.2 Å². The van der Waals surface area contributed by atoms with Crippen LogP contribution in [-0.4, -0.2) is 20.5 Å².